The van der Waals surface area contributed by atoms with Gasteiger partial charge in [-0.3, -0.25) is 4.79 Å². The average molecular weight is 295 g/mol. The third-order valence-corrected chi connectivity index (χ3v) is 4.39. The highest BCUT2D eigenvalue weighted by molar-refractivity contribution is 5.95. The molecule has 0 saturated heterocycles. The number of benzene rings is 2. The highest BCUT2D eigenvalue weighted by Crippen LogP contribution is 2.24. The maximum absolute atomic E-state index is 12.7. The lowest BCUT2D eigenvalue weighted by Gasteiger charge is -2.30. The van der Waals surface area contributed by atoms with Crippen molar-refractivity contribution in [3.8, 4) is 0 Å². The maximum atomic E-state index is 12.7. The fraction of sp³-hybridized carbons (Fsp3) is 0.316. The Morgan fingerprint density at radius 2 is 1.95 bits per heavy atom. The Morgan fingerprint density at radius 3 is 2.68 bits per heavy atom. The standard InChI is InChI=1S/C19H21NO2/c1-13-5-3-4-6-18(13)19(22)20-10-9-15-7-8-16(14(2)21)11-17(15)12-20/h3-8,11,14,21H,9-10,12H2,1-2H3. The van der Waals surface area contributed by atoms with Crippen LogP contribution in [0, 0.1) is 6.92 Å². The molecule has 1 atom stereocenters. The first kappa shape index (κ1) is 14.8. The Hall–Kier alpha value is -2.13. The second-order valence-corrected chi connectivity index (χ2v) is 6.00. The van der Waals surface area contributed by atoms with Gasteiger partial charge >= 0.3 is 0 Å². The van der Waals surface area contributed by atoms with Crippen LogP contribution in [0.3, 0.4) is 0 Å². The molecule has 0 radical (unpaired) electrons. The van der Waals surface area contributed by atoms with Crippen LogP contribution < -0.4 is 0 Å². The van der Waals surface area contributed by atoms with Crippen LogP contribution in [0.15, 0.2) is 42.5 Å². The second-order valence-electron chi connectivity index (χ2n) is 6.00. The Kier molecular flexibility index (Phi) is 3.99. The normalized spacial score (nSPS) is 15.3. The molecule has 3 heteroatoms. The van der Waals surface area contributed by atoms with Crippen LogP contribution in [0.4, 0.5) is 0 Å². The van der Waals surface area contributed by atoms with Crippen LogP contribution >= 0.6 is 0 Å². The van der Waals surface area contributed by atoms with Gasteiger partial charge in [-0.05, 0) is 48.6 Å². The number of nitrogens with zero attached hydrogens (tertiary/aromatic N) is 1. The van der Waals surface area contributed by atoms with Gasteiger partial charge in [-0.25, -0.2) is 0 Å². The van der Waals surface area contributed by atoms with Crippen LogP contribution in [-0.2, 0) is 13.0 Å². The molecule has 1 amide bonds. The Labute approximate surface area is 131 Å². The quantitative estimate of drug-likeness (QED) is 0.924. The van der Waals surface area contributed by atoms with E-state index >= 15 is 0 Å². The van der Waals surface area contributed by atoms with Crippen molar-refractivity contribution >= 4 is 5.91 Å². The third-order valence-electron chi connectivity index (χ3n) is 4.39. The van der Waals surface area contributed by atoms with E-state index in [4.69, 9.17) is 0 Å². The van der Waals surface area contributed by atoms with Crippen LogP contribution in [0.1, 0.15) is 45.6 Å². The summed E-state index contributed by atoms with van der Waals surface area (Å²) in [6, 6.07) is 13.8. The molecule has 22 heavy (non-hydrogen) atoms. The number of hydrogen-bond donors (Lipinski definition) is 1. The number of fused-ring (bicyclic) bond motifs is 1. The summed E-state index contributed by atoms with van der Waals surface area (Å²) in [5, 5.41) is 9.73. The van der Waals surface area contributed by atoms with E-state index < -0.39 is 6.10 Å². The lowest BCUT2D eigenvalue weighted by atomic mass is 9.95. The smallest absolute Gasteiger partial charge is 0.254 e. The summed E-state index contributed by atoms with van der Waals surface area (Å²) < 4.78 is 0. The Balaban J connectivity index is 1.86. The summed E-state index contributed by atoms with van der Waals surface area (Å²) >= 11 is 0. The summed E-state index contributed by atoms with van der Waals surface area (Å²) in [4.78, 5) is 14.6. The summed E-state index contributed by atoms with van der Waals surface area (Å²) in [5.41, 5.74) is 5.11. The molecule has 1 N–H and O–H groups in total. The number of aliphatic hydroxyl groups excluding tert-OH is 1. The summed E-state index contributed by atoms with van der Waals surface area (Å²) in [7, 11) is 0. The van der Waals surface area contributed by atoms with Crippen molar-refractivity contribution in [3.05, 3.63) is 70.3 Å². The van der Waals surface area contributed by atoms with E-state index in [9.17, 15) is 9.90 Å². The first-order valence-corrected chi connectivity index (χ1v) is 7.71. The van der Waals surface area contributed by atoms with Crippen molar-refractivity contribution < 1.29 is 9.90 Å². The van der Waals surface area contributed by atoms with Crippen LogP contribution in [-0.4, -0.2) is 22.5 Å². The van der Waals surface area contributed by atoms with Crippen molar-refractivity contribution in [2.24, 2.45) is 0 Å². The third kappa shape index (κ3) is 2.77. The molecule has 2 aromatic rings. The highest BCUT2D eigenvalue weighted by atomic mass is 16.3. The fourth-order valence-corrected chi connectivity index (χ4v) is 2.99. The Morgan fingerprint density at radius 1 is 1.18 bits per heavy atom. The minimum Gasteiger partial charge on any atom is -0.389 e. The molecule has 1 aliphatic heterocycles. The molecule has 0 aromatic heterocycles. The number of aryl methyl sites for hydroxylation is 1. The lowest BCUT2D eigenvalue weighted by Crippen LogP contribution is -2.36. The van der Waals surface area contributed by atoms with Crippen LogP contribution in [0.2, 0.25) is 0 Å². The average Bonchev–Trinajstić information content (AvgIpc) is 2.53. The SMILES string of the molecule is Cc1ccccc1C(=O)N1CCc2ccc(C(C)O)cc2C1. The van der Waals surface area contributed by atoms with Gasteiger partial charge in [-0.15, -0.1) is 0 Å². The van der Waals surface area contributed by atoms with Gasteiger partial charge in [0.2, 0.25) is 0 Å². The molecule has 0 saturated carbocycles. The predicted octanol–water partition coefficient (Wildman–Crippen LogP) is 3.25. The van der Waals surface area contributed by atoms with E-state index in [2.05, 4.69) is 6.07 Å². The van der Waals surface area contributed by atoms with E-state index in [1.54, 1.807) is 6.92 Å². The molecule has 0 fully saturated rings. The minimum absolute atomic E-state index is 0.0891. The van der Waals surface area contributed by atoms with Crippen molar-refractivity contribution in [1.29, 1.82) is 0 Å². The number of aliphatic hydroxyl groups is 1. The summed E-state index contributed by atoms with van der Waals surface area (Å²) in [6.45, 7) is 5.09. The first-order valence-electron chi connectivity index (χ1n) is 7.71. The molecule has 0 bridgehead atoms. The van der Waals surface area contributed by atoms with Gasteiger partial charge in [-0.1, -0.05) is 36.4 Å². The number of hydrogen-bond acceptors (Lipinski definition) is 2. The molecule has 3 rings (SSSR count). The fourth-order valence-electron chi connectivity index (χ4n) is 2.99. The van der Waals surface area contributed by atoms with Gasteiger partial charge in [0, 0.05) is 18.7 Å². The number of amides is 1. The molecule has 0 spiro atoms. The zero-order valence-electron chi connectivity index (χ0n) is 13.0. The molecule has 3 nitrogen and oxygen atoms in total. The van der Waals surface area contributed by atoms with E-state index in [0.29, 0.717) is 6.54 Å². The van der Waals surface area contributed by atoms with Crippen molar-refractivity contribution in [2.45, 2.75) is 32.9 Å². The van der Waals surface area contributed by atoms with Crippen LogP contribution in [0.5, 0.6) is 0 Å². The number of carbonyl (C=O) groups is 1. The van der Waals surface area contributed by atoms with Gasteiger partial charge in [0.05, 0.1) is 6.10 Å². The van der Waals surface area contributed by atoms with Gasteiger partial charge in [-0.2, -0.15) is 0 Å². The lowest BCUT2D eigenvalue weighted by molar-refractivity contribution is 0.0734. The van der Waals surface area contributed by atoms with Gasteiger partial charge < -0.3 is 10.0 Å². The maximum Gasteiger partial charge on any atom is 0.254 e. The summed E-state index contributed by atoms with van der Waals surface area (Å²) in [5.74, 6) is 0.0891. The van der Waals surface area contributed by atoms with Gasteiger partial charge in [0.25, 0.3) is 5.91 Å². The molecule has 0 aliphatic carbocycles. The van der Waals surface area contributed by atoms with E-state index in [-0.39, 0.29) is 5.91 Å². The Bertz CT molecular complexity index is 706. The second kappa shape index (κ2) is 5.93. The zero-order chi connectivity index (χ0) is 15.7. The van der Waals surface area contributed by atoms with E-state index in [1.807, 2.05) is 48.2 Å². The molecule has 2 aromatic carbocycles. The van der Waals surface area contributed by atoms with Crippen molar-refractivity contribution in [2.75, 3.05) is 6.54 Å². The van der Waals surface area contributed by atoms with Gasteiger partial charge in [0.1, 0.15) is 0 Å². The molecular weight excluding hydrogens is 274 g/mol. The molecule has 1 heterocycles. The zero-order valence-corrected chi connectivity index (χ0v) is 13.0. The number of carbonyl (C=O) groups excluding carboxylic acids is 1. The summed E-state index contributed by atoms with van der Waals surface area (Å²) in [6.07, 6.45) is 0.389. The van der Waals surface area contributed by atoms with E-state index in [1.165, 1.54) is 5.56 Å². The monoisotopic (exact) mass is 295 g/mol. The first-order chi connectivity index (χ1) is 10.6. The molecule has 114 valence electrons. The van der Waals surface area contributed by atoms with E-state index in [0.717, 1.165) is 35.2 Å². The van der Waals surface area contributed by atoms with Crippen LogP contribution in [0.25, 0.3) is 0 Å². The largest absolute Gasteiger partial charge is 0.389 e. The minimum atomic E-state index is -0.479. The molecular formula is C19H21NO2. The molecule has 1 aliphatic rings. The van der Waals surface area contributed by atoms with Crippen molar-refractivity contribution in [1.82, 2.24) is 4.90 Å². The predicted molar refractivity (Wildman–Crippen MR) is 86.7 cm³/mol. The van der Waals surface area contributed by atoms with Crippen molar-refractivity contribution in [3.63, 3.8) is 0 Å². The highest BCUT2D eigenvalue weighted by Gasteiger charge is 2.23. The molecule has 1 unspecified atom stereocenters. The number of rotatable bonds is 2. The van der Waals surface area contributed by atoms with Gasteiger partial charge in [0.15, 0.2) is 0 Å². The topological polar surface area (TPSA) is 40.5 Å².